The number of anilines is 3. The summed E-state index contributed by atoms with van der Waals surface area (Å²) in [4.78, 5) is 11.4. The molecule has 19 heavy (non-hydrogen) atoms. The zero-order chi connectivity index (χ0) is 13.8. The van der Waals surface area contributed by atoms with Crippen molar-refractivity contribution in [2.24, 2.45) is 0 Å². The van der Waals surface area contributed by atoms with Crippen LogP contribution in [0.1, 0.15) is 4.88 Å². The molecule has 1 aromatic heterocycles. The summed E-state index contributed by atoms with van der Waals surface area (Å²) in [5, 5.41) is 13.7. The van der Waals surface area contributed by atoms with Gasteiger partial charge in [0.15, 0.2) is 5.13 Å². The van der Waals surface area contributed by atoms with Crippen molar-refractivity contribution >= 4 is 34.5 Å². The second-order valence-electron chi connectivity index (χ2n) is 3.79. The van der Waals surface area contributed by atoms with Crippen LogP contribution in [0.3, 0.4) is 0 Å². The number of amides is 1. The van der Waals surface area contributed by atoms with Crippen molar-refractivity contribution in [2.45, 2.75) is 6.54 Å². The molecule has 1 heterocycles. The molecule has 0 radical (unpaired) electrons. The fraction of sp³-hybridized carbons (Fsp3) is 0.0833. The maximum atomic E-state index is 12.8. The fourth-order valence-corrected chi connectivity index (χ4v) is 2.20. The predicted molar refractivity (Wildman–Crippen MR) is 74.1 cm³/mol. The molecule has 0 saturated heterocycles. The first-order chi connectivity index (χ1) is 9.04. The first-order valence-electron chi connectivity index (χ1n) is 5.42. The smallest absolute Gasteiger partial charge is 0.409 e. The molecule has 0 atom stereocenters. The van der Waals surface area contributed by atoms with E-state index >= 15 is 0 Å². The molecule has 0 bridgehead atoms. The molecule has 0 aliphatic heterocycles. The SMILES string of the molecule is Nc1cc(NCc2ccc(F)s2)ccc1NC(=O)O. The third-order valence-electron chi connectivity index (χ3n) is 2.39. The van der Waals surface area contributed by atoms with E-state index in [0.29, 0.717) is 17.9 Å². The van der Waals surface area contributed by atoms with Gasteiger partial charge in [0.1, 0.15) is 0 Å². The standard InChI is InChI=1S/C12H12FN3O2S/c13-11-4-2-8(19-11)6-15-7-1-3-10(9(14)5-7)16-12(17)18/h1-5,15-16H,6,14H2,(H,17,18). The Hall–Kier alpha value is -2.28. The van der Waals surface area contributed by atoms with Gasteiger partial charge in [0, 0.05) is 17.1 Å². The first kappa shape index (κ1) is 13.2. The lowest BCUT2D eigenvalue weighted by atomic mass is 10.2. The van der Waals surface area contributed by atoms with Crippen LogP contribution in [0.2, 0.25) is 0 Å². The molecule has 0 aliphatic rings. The average molecular weight is 281 g/mol. The van der Waals surface area contributed by atoms with E-state index in [0.717, 1.165) is 21.9 Å². The van der Waals surface area contributed by atoms with Crippen molar-refractivity contribution in [3.8, 4) is 0 Å². The number of halogens is 1. The molecule has 100 valence electrons. The maximum Gasteiger partial charge on any atom is 0.409 e. The van der Waals surface area contributed by atoms with Gasteiger partial charge in [-0.25, -0.2) is 4.79 Å². The number of nitrogens with one attached hydrogen (secondary N) is 2. The predicted octanol–water partition coefficient (Wildman–Crippen LogP) is 3.17. The number of rotatable bonds is 4. The summed E-state index contributed by atoms with van der Waals surface area (Å²) in [7, 11) is 0. The van der Waals surface area contributed by atoms with Gasteiger partial charge >= 0.3 is 6.09 Å². The van der Waals surface area contributed by atoms with Crippen LogP contribution in [-0.2, 0) is 6.54 Å². The minimum Gasteiger partial charge on any atom is -0.465 e. The Kier molecular flexibility index (Phi) is 3.86. The summed E-state index contributed by atoms with van der Waals surface area (Å²) in [5.74, 6) is 0. The van der Waals surface area contributed by atoms with Gasteiger partial charge < -0.3 is 16.2 Å². The zero-order valence-electron chi connectivity index (χ0n) is 9.81. The van der Waals surface area contributed by atoms with Crippen LogP contribution in [0.5, 0.6) is 0 Å². The van der Waals surface area contributed by atoms with Crippen LogP contribution in [0, 0.1) is 5.13 Å². The Morgan fingerprint density at radius 3 is 2.74 bits per heavy atom. The van der Waals surface area contributed by atoms with Crippen molar-refractivity contribution in [1.82, 2.24) is 0 Å². The van der Waals surface area contributed by atoms with Crippen LogP contribution in [0.15, 0.2) is 30.3 Å². The van der Waals surface area contributed by atoms with Gasteiger partial charge in [-0.05, 0) is 30.3 Å². The molecule has 0 fully saturated rings. The van der Waals surface area contributed by atoms with Crippen LogP contribution >= 0.6 is 11.3 Å². The van der Waals surface area contributed by atoms with Crippen LogP contribution in [0.4, 0.5) is 26.2 Å². The van der Waals surface area contributed by atoms with E-state index in [1.54, 1.807) is 24.3 Å². The van der Waals surface area contributed by atoms with Crippen molar-refractivity contribution in [3.63, 3.8) is 0 Å². The molecule has 2 aromatic rings. The Morgan fingerprint density at radius 2 is 2.16 bits per heavy atom. The van der Waals surface area contributed by atoms with Crippen molar-refractivity contribution in [3.05, 3.63) is 40.3 Å². The lowest BCUT2D eigenvalue weighted by Crippen LogP contribution is -2.09. The Labute approximate surface area is 112 Å². The zero-order valence-corrected chi connectivity index (χ0v) is 10.6. The van der Waals surface area contributed by atoms with E-state index in [2.05, 4.69) is 10.6 Å². The molecular formula is C12H12FN3O2S. The average Bonchev–Trinajstić information content (AvgIpc) is 2.75. The number of thiophene rings is 1. The molecule has 0 saturated carbocycles. The van der Waals surface area contributed by atoms with Crippen molar-refractivity contribution < 1.29 is 14.3 Å². The van der Waals surface area contributed by atoms with E-state index in [4.69, 9.17) is 10.8 Å². The second-order valence-corrected chi connectivity index (χ2v) is 4.91. The third kappa shape index (κ3) is 3.59. The summed E-state index contributed by atoms with van der Waals surface area (Å²) < 4.78 is 12.8. The van der Waals surface area contributed by atoms with E-state index in [9.17, 15) is 9.18 Å². The van der Waals surface area contributed by atoms with Crippen LogP contribution in [-0.4, -0.2) is 11.2 Å². The first-order valence-corrected chi connectivity index (χ1v) is 6.24. The highest BCUT2D eigenvalue weighted by molar-refractivity contribution is 7.10. The summed E-state index contributed by atoms with van der Waals surface area (Å²) in [6.45, 7) is 0.486. The summed E-state index contributed by atoms with van der Waals surface area (Å²) >= 11 is 1.07. The highest BCUT2D eigenvalue weighted by atomic mass is 32.1. The molecular weight excluding hydrogens is 269 g/mol. The topological polar surface area (TPSA) is 87.4 Å². The fourth-order valence-electron chi connectivity index (χ4n) is 1.54. The quantitative estimate of drug-likeness (QED) is 0.648. The van der Waals surface area contributed by atoms with Gasteiger partial charge in [-0.15, -0.1) is 11.3 Å². The summed E-state index contributed by atoms with van der Waals surface area (Å²) in [6, 6.07) is 8.01. The van der Waals surface area contributed by atoms with Crippen LogP contribution in [0.25, 0.3) is 0 Å². The number of benzene rings is 1. The molecule has 2 rings (SSSR count). The monoisotopic (exact) mass is 281 g/mol. The Balaban J connectivity index is 2.01. The molecule has 1 aromatic carbocycles. The lowest BCUT2D eigenvalue weighted by molar-refractivity contribution is 0.210. The van der Waals surface area contributed by atoms with Gasteiger partial charge in [0.05, 0.1) is 11.4 Å². The van der Waals surface area contributed by atoms with Crippen molar-refractivity contribution in [2.75, 3.05) is 16.4 Å². The molecule has 5 N–H and O–H groups in total. The van der Waals surface area contributed by atoms with Gasteiger partial charge in [0.2, 0.25) is 0 Å². The van der Waals surface area contributed by atoms with Gasteiger partial charge in [-0.1, -0.05) is 0 Å². The molecule has 0 spiro atoms. The molecule has 7 heteroatoms. The van der Waals surface area contributed by atoms with Crippen LogP contribution < -0.4 is 16.4 Å². The Bertz CT molecular complexity index is 600. The third-order valence-corrected chi connectivity index (χ3v) is 3.26. The summed E-state index contributed by atoms with van der Waals surface area (Å²) in [5.41, 5.74) is 7.12. The number of nitrogen functional groups attached to an aromatic ring is 1. The van der Waals surface area contributed by atoms with E-state index in [1.165, 1.54) is 6.07 Å². The Morgan fingerprint density at radius 1 is 1.37 bits per heavy atom. The number of hydrogen-bond acceptors (Lipinski definition) is 4. The lowest BCUT2D eigenvalue weighted by Gasteiger charge is -2.09. The highest BCUT2D eigenvalue weighted by Crippen LogP contribution is 2.24. The van der Waals surface area contributed by atoms with Gasteiger partial charge in [-0.2, -0.15) is 4.39 Å². The number of hydrogen-bond donors (Lipinski definition) is 4. The number of carbonyl (C=O) groups is 1. The number of carboxylic acid groups (broad SMARTS) is 1. The summed E-state index contributed by atoms with van der Waals surface area (Å²) in [6.07, 6.45) is -1.17. The second kappa shape index (κ2) is 5.57. The van der Waals surface area contributed by atoms with E-state index < -0.39 is 6.09 Å². The molecule has 1 amide bonds. The van der Waals surface area contributed by atoms with E-state index in [-0.39, 0.29) is 5.13 Å². The van der Waals surface area contributed by atoms with E-state index in [1.807, 2.05) is 0 Å². The normalized spacial score (nSPS) is 10.2. The molecule has 0 aliphatic carbocycles. The van der Waals surface area contributed by atoms with Crippen molar-refractivity contribution in [1.29, 1.82) is 0 Å². The minimum absolute atomic E-state index is 0.225. The number of nitrogens with two attached hydrogens (primary N) is 1. The largest absolute Gasteiger partial charge is 0.465 e. The maximum absolute atomic E-state index is 12.8. The highest BCUT2D eigenvalue weighted by Gasteiger charge is 2.04. The molecule has 5 nitrogen and oxygen atoms in total. The minimum atomic E-state index is -1.17. The van der Waals surface area contributed by atoms with Gasteiger partial charge in [-0.3, -0.25) is 5.32 Å². The van der Waals surface area contributed by atoms with Gasteiger partial charge in [0.25, 0.3) is 0 Å². The molecule has 0 unspecified atom stereocenters.